The molecule has 0 saturated heterocycles. The van der Waals surface area contributed by atoms with Gasteiger partial charge in [0.2, 0.25) is 0 Å². The van der Waals surface area contributed by atoms with Crippen molar-refractivity contribution in [2.75, 3.05) is 6.54 Å². The van der Waals surface area contributed by atoms with Crippen molar-refractivity contribution in [2.45, 2.75) is 66.1 Å². The van der Waals surface area contributed by atoms with Crippen molar-refractivity contribution in [2.24, 2.45) is 23.7 Å². The van der Waals surface area contributed by atoms with Gasteiger partial charge >= 0.3 is 12.1 Å². The van der Waals surface area contributed by atoms with Crippen molar-refractivity contribution >= 4 is 17.8 Å². The van der Waals surface area contributed by atoms with Crippen molar-refractivity contribution in [3.05, 3.63) is 0 Å². The zero-order chi connectivity index (χ0) is 22.7. The number of quaternary nitrogens is 1. The molecule has 0 bridgehead atoms. The Kier molecular flexibility index (Phi) is 13.5. The van der Waals surface area contributed by atoms with Crippen LogP contribution in [0.2, 0.25) is 0 Å². The number of alkyl halides is 3. The molecule has 1 amide bonds. The van der Waals surface area contributed by atoms with E-state index in [0.717, 1.165) is 0 Å². The van der Waals surface area contributed by atoms with Crippen LogP contribution in [0.3, 0.4) is 0 Å². The second kappa shape index (κ2) is 13.4. The number of hydrogen-bond donors (Lipinski definition) is 3. The van der Waals surface area contributed by atoms with Gasteiger partial charge in [-0.25, -0.2) is 0 Å². The maximum Gasteiger partial charge on any atom is 0.430 e. The van der Waals surface area contributed by atoms with E-state index in [9.17, 15) is 22.8 Å². The van der Waals surface area contributed by atoms with Crippen LogP contribution in [0, 0.1) is 23.7 Å². The lowest BCUT2D eigenvalue weighted by Gasteiger charge is -2.30. The average molecular weight is 414 g/mol. The van der Waals surface area contributed by atoms with Crippen LogP contribution in [0.25, 0.3) is 0 Å². The number of carbonyl (C=O) groups is 3. The molecule has 0 spiro atoms. The third-order valence-corrected chi connectivity index (χ3v) is 5.18. The van der Waals surface area contributed by atoms with Gasteiger partial charge < -0.3 is 26.1 Å². The Balaban J connectivity index is 0. The highest BCUT2D eigenvalue weighted by Crippen LogP contribution is 2.28. The summed E-state index contributed by atoms with van der Waals surface area (Å²) in [5.74, 6) is -1.83. The minimum atomic E-state index is -5.19. The molecule has 0 aliphatic heterocycles. The van der Waals surface area contributed by atoms with Gasteiger partial charge in [0, 0.05) is 13.0 Å². The number of aliphatic carboxylic acids is 2. The minimum Gasteiger partial charge on any atom is -0.542 e. The number of hydrogen-bond acceptors (Lipinski definition) is 4. The van der Waals surface area contributed by atoms with E-state index in [0.29, 0.717) is 30.2 Å². The lowest BCUT2D eigenvalue weighted by molar-refractivity contribution is -0.405. The van der Waals surface area contributed by atoms with E-state index < -0.39 is 24.2 Å². The maximum atomic E-state index is 11.9. The molecule has 0 fully saturated rings. The van der Waals surface area contributed by atoms with Crippen molar-refractivity contribution in [3.63, 3.8) is 0 Å². The highest BCUT2D eigenvalue weighted by Gasteiger charge is 2.29. The summed E-state index contributed by atoms with van der Waals surface area (Å²) in [5.41, 5.74) is 3.73. The largest absolute Gasteiger partial charge is 0.542 e. The number of rotatable bonds is 10. The Morgan fingerprint density at radius 1 is 1.07 bits per heavy atom. The fourth-order valence-corrected chi connectivity index (χ4v) is 2.43. The average Bonchev–Trinajstić information content (AvgIpc) is 2.61. The molecule has 0 radical (unpaired) electrons. The topological polar surface area (TPSA) is 134 Å². The Morgan fingerprint density at radius 2 is 1.50 bits per heavy atom. The highest BCUT2D eigenvalue weighted by molar-refractivity contribution is 5.80. The van der Waals surface area contributed by atoms with Gasteiger partial charge in [0.15, 0.2) is 6.04 Å². The van der Waals surface area contributed by atoms with E-state index in [-0.39, 0.29) is 18.7 Å². The van der Waals surface area contributed by atoms with Crippen LogP contribution >= 0.6 is 0 Å². The lowest BCUT2D eigenvalue weighted by atomic mass is 9.77. The second-order valence-corrected chi connectivity index (χ2v) is 7.24. The number of carboxylic acids is 2. The van der Waals surface area contributed by atoms with Crippen LogP contribution in [0.1, 0.15) is 53.9 Å². The molecule has 0 aliphatic rings. The first-order chi connectivity index (χ1) is 12.6. The molecule has 0 rings (SSSR count). The molecule has 0 aliphatic carbocycles. The molecule has 10 heteroatoms. The summed E-state index contributed by atoms with van der Waals surface area (Å²) in [4.78, 5) is 31.2. The van der Waals surface area contributed by atoms with Crippen molar-refractivity contribution < 1.29 is 43.5 Å². The number of amides is 1. The Hall–Kier alpha value is -1.84. The van der Waals surface area contributed by atoms with Crippen LogP contribution in [-0.2, 0) is 14.4 Å². The second-order valence-electron chi connectivity index (χ2n) is 7.24. The summed E-state index contributed by atoms with van der Waals surface area (Å²) in [5, 5.41) is 20.3. The van der Waals surface area contributed by atoms with Gasteiger partial charge in [-0.3, -0.25) is 9.59 Å². The van der Waals surface area contributed by atoms with Crippen molar-refractivity contribution in [1.82, 2.24) is 5.32 Å². The Labute approximate surface area is 163 Å². The van der Waals surface area contributed by atoms with Crippen LogP contribution in [-0.4, -0.2) is 41.7 Å². The molecule has 0 saturated carbocycles. The fraction of sp³-hybridized carbons (Fsp3) is 0.833. The predicted molar refractivity (Wildman–Crippen MR) is 94.6 cm³/mol. The molecule has 0 unspecified atom stereocenters. The van der Waals surface area contributed by atoms with E-state index in [2.05, 4.69) is 45.7 Å². The first-order valence-corrected chi connectivity index (χ1v) is 9.25. The smallest absolute Gasteiger partial charge is 0.430 e. The third kappa shape index (κ3) is 12.5. The maximum absolute atomic E-state index is 11.9. The lowest BCUT2D eigenvalue weighted by Crippen LogP contribution is -2.67. The van der Waals surface area contributed by atoms with E-state index >= 15 is 0 Å². The minimum absolute atomic E-state index is 0.0153. The number of carboxylic acid groups (broad SMARTS) is 2. The molecule has 166 valence electrons. The Morgan fingerprint density at radius 3 is 1.86 bits per heavy atom. The van der Waals surface area contributed by atoms with E-state index in [1.807, 2.05) is 0 Å². The molecule has 7 nitrogen and oxygen atoms in total. The molecule has 0 aromatic heterocycles. The van der Waals surface area contributed by atoms with Gasteiger partial charge in [0.05, 0.1) is 6.42 Å². The molecule has 28 heavy (non-hydrogen) atoms. The summed E-state index contributed by atoms with van der Waals surface area (Å²) in [6, 6.07) is -0.490. The zero-order valence-corrected chi connectivity index (χ0v) is 17.1. The number of carbonyl (C=O) groups excluding carboxylic acids is 2. The SMILES string of the molecule is CC[C@H](C)[C@H](C)[C@@H](C)[C@H](C)CNC(=O)[C@@H]([NH3+])CCC(=O)O.O=C([O-])C(F)(F)F. The predicted octanol–water partition coefficient (Wildman–Crippen LogP) is 0.831. The first kappa shape index (κ1) is 28.4. The summed E-state index contributed by atoms with van der Waals surface area (Å²) in [6.45, 7) is 11.8. The van der Waals surface area contributed by atoms with Crippen LogP contribution in [0.4, 0.5) is 13.2 Å². The third-order valence-electron chi connectivity index (χ3n) is 5.18. The van der Waals surface area contributed by atoms with E-state index in [1.165, 1.54) is 6.42 Å². The quantitative estimate of drug-likeness (QED) is 0.487. The summed E-state index contributed by atoms with van der Waals surface area (Å²) in [7, 11) is 0. The van der Waals surface area contributed by atoms with Crippen LogP contribution in [0.15, 0.2) is 0 Å². The zero-order valence-electron chi connectivity index (χ0n) is 17.1. The van der Waals surface area contributed by atoms with E-state index in [1.54, 1.807) is 0 Å². The van der Waals surface area contributed by atoms with Crippen LogP contribution in [0.5, 0.6) is 0 Å². The van der Waals surface area contributed by atoms with Gasteiger partial charge in [-0.1, -0.05) is 41.0 Å². The van der Waals surface area contributed by atoms with Gasteiger partial charge in [0.25, 0.3) is 5.91 Å². The molecular weight excluding hydrogens is 381 g/mol. The van der Waals surface area contributed by atoms with Gasteiger partial charge in [0.1, 0.15) is 5.97 Å². The highest BCUT2D eigenvalue weighted by atomic mass is 19.4. The first-order valence-electron chi connectivity index (χ1n) is 9.25. The molecule has 5 atom stereocenters. The monoisotopic (exact) mass is 414 g/mol. The molecule has 0 heterocycles. The van der Waals surface area contributed by atoms with Crippen molar-refractivity contribution in [1.29, 1.82) is 0 Å². The van der Waals surface area contributed by atoms with Gasteiger partial charge in [-0.2, -0.15) is 13.2 Å². The van der Waals surface area contributed by atoms with Gasteiger partial charge in [-0.05, 0) is 23.7 Å². The summed E-state index contributed by atoms with van der Waals surface area (Å²) in [6.07, 6.45) is -3.76. The summed E-state index contributed by atoms with van der Waals surface area (Å²) >= 11 is 0. The number of halogens is 3. The standard InChI is InChI=1S/C16H32N2O3.C2HF3O2/c1-6-10(2)12(4)13(5)11(3)9-18-16(21)14(17)7-8-15(19)20;3-2(4,5)1(6)7/h10-14H,6-9,17H2,1-5H3,(H,18,21)(H,19,20);(H,6,7)/t10-,11+,12-,13-,14-;/m0./s1. The summed E-state index contributed by atoms with van der Waals surface area (Å²) < 4.78 is 31.5. The van der Waals surface area contributed by atoms with Gasteiger partial charge in [-0.15, -0.1) is 0 Å². The number of nitrogens with one attached hydrogen (secondary N) is 1. The normalized spacial score (nSPS) is 16.6. The molecule has 0 aromatic carbocycles. The molecule has 5 N–H and O–H groups in total. The van der Waals surface area contributed by atoms with E-state index in [4.69, 9.17) is 15.0 Å². The molecular formula is C18H33F3N2O5. The Bertz CT molecular complexity index is 500. The van der Waals surface area contributed by atoms with Crippen molar-refractivity contribution in [3.8, 4) is 0 Å². The van der Waals surface area contributed by atoms with Crippen LogP contribution < -0.4 is 16.2 Å². The molecule has 0 aromatic rings. The fourth-order valence-electron chi connectivity index (χ4n) is 2.43.